The molecule has 1 aromatic heterocycles. The Bertz CT molecular complexity index is 1020. The van der Waals surface area contributed by atoms with Gasteiger partial charge in [-0.25, -0.2) is 0 Å². The van der Waals surface area contributed by atoms with E-state index in [-0.39, 0.29) is 5.91 Å². The fourth-order valence-corrected chi connectivity index (χ4v) is 3.41. The van der Waals surface area contributed by atoms with Crippen LogP contribution in [0.25, 0.3) is 0 Å². The van der Waals surface area contributed by atoms with Crippen LogP contribution in [0.3, 0.4) is 0 Å². The number of aromatic nitrogens is 1. The molecule has 0 fully saturated rings. The summed E-state index contributed by atoms with van der Waals surface area (Å²) in [5.74, 6) is 1.23. The molecule has 3 aromatic rings. The van der Waals surface area contributed by atoms with Crippen LogP contribution in [0.5, 0.6) is 11.5 Å². The summed E-state index contributed by atoms with van der Waals surface area (Å²) in [5.41, 5.74) is 4.26. The number of benzene rings is 2. The van der Waals surface area contributed by atoms with Crippen molar-refractivity contribution in [3.63, 3.8) is 0 Å². The Morgan fingerprint density at radius 1 is 1.00 bits per heavy atom. The van der Waals surface area contributed by atoms with Gasteiger partial charge in [-0.15, -0.1) is 0 Å². The van der Waals surface area contributed by atoms with Crippen LogP contribution in [-0.2, 0) is 6.42 Å². The number of carbonyl (C=O) groups excluding carboxylic acids is 1. The number of pyridine rings is 1. The number of hydrogen-bond acceptors (Lipinski definition) is 5. The number of methoxy groups -OCH3 is 2. The Morgan fingerprint density at radius 2 is 1.82 bits per heavy atom. The second-order valence-corrected chi connectivity index (χ2v) is 6.49. The summed E-state index contributed by atoms with van der Waals surface area (Å²) in [6.07, 6.45) is 4.16. The van der Waals surface area contributed by atoms with Crippen molar-refractivity contribution in [1.29, 1.82) is 0 Å². The van der Waals surface area contributed by atoms with Gasteiger partial charge in [0, 0.05) is 30.2 Å². The second kappa shape index (κ2) is 7.60. The molecule has 0 saturated heterocycles. The van der Waals surface area contributed by atoms with Crippen molar-refractivity contribution in [1.82, 2.24) is 4.98 Å². The van der Waals surface area contributed by atoms with Crippen LogP contribution >= 0.6 is 0 Å². The summed E-state index contributed by atoms with van der Waals surface area (Å²) < 4.78 is 10.6. The van der Waals surface area contributed by atoms with E-state index >= 15 is 0 Å². The van der Waals surface area contributed by atoms with E-state index in [1.165, 1.54) is 5.56 Å². The van der Waals surface area contributed by atoms with E-state index in [2.05, 4.69) is 16.4 Å². The molecular weight excluding hydrogens is 354 g/mol. The molecule has 0 atom stereocenters. The van der Waals surface area contributed by atoms with E-state index in [1.54, 1.807) is 26.6 Å². The molecule has 142 valence electrons. The van der Waals surface area contributed by atoms with Gasteiger partial charge in [0.05, 0.1) is 31.7 Å². The van der Waals surface area contributed by atoms with Gasteiger partial charge >= 0.3 is 0 Å². The minimum absolute atomic E-state index is 0.0478. The predicted molar refractivity (Wildman–Crippen MR) is 109 cm³/mol. The normalized spacial score (nSPS) is 12.4. The molecule has 1 aliphatic rings. The Kier molecular flexibility index (Phi) is 4.85. The van der Waals surface area contributed by atoms with Gasteiger partial charge in [-0.1, -0.05) is 18.2 Å². The number of nitrogens with zero attached hydrogens (tertiary/aromatic N) is 2. The second-order valence-electron chi connectivity index (χ2n) is 6.49. The average Bonchev–Trinajstić information content (AvgIpc) is 3.17. The van der Waals surface area contributed by atoms with Crippen molar-refractivity contribution in [2.24, 2.45) is 0 Å². The van der Waals surface area contributed by atoms with E-state index in [9.17, 15) is 4.79 Å². The highest BCUT2D eigenvalue weighted by Gasteiger charge is 2.25. The smallest absolute Gasteiger partial charge is 0.259 e. The van der Waals surface area contributed by atoms with Crippen molar-refractivity contribution < 1.29 is 14.3 Å². The maximum absolute atomic E-state index is 13.0. The molecule has 4 rings (SSSR count). The first kappa shape index (κ1) is 17.9. The number of anilines is 3. The van der Waals surface area contributed by atoms with E-state index in [0.29, 0.717) is 23.6 Å². The fourth-order valence-electron chi connectivity index (χ4n) is 3.41. The molecule has 6 nitrogen and oxygen atoms in total. The lowest BCUT2D eigenvalue weighted by atomic mass is 10.2. The third-order valence-corrected chi connectivity index (χ3v) is 4.79. The van der Waals surface area contributed by atoms with Crippen LogP contribution in [0, 0.1) is 0 Å². The third kappa shape index (κ3) is 3.36. The van der Waals surface area contributed by atoms with Crippen LogP contribution in [0.2, 0.25) is 0 Å². The molecule has 1 amide bonds. The number of para-hydroxylation sites is 1. The van der Waals surface area contributed by atoms with Gasteiger partial charge in [0.15, 0.2) is 11.5 Å². The first-order chi connectivity index (χ1) is 13.7. The Morgan fingerprint density at radius 3 is 2.64 bits per heavy atom. The number of hydrogen-bond donors (Lipinski definition) is 1. The first-order valence-electron chi connectivity index (χ1n) is 9.03. The molecule has 1 N–H and O–H groups in total. The van der Waals surface area contributed by atoms with Gasteiger partial charge in [-0.2, -0.15) is 0 Å². The zero-order chi connectivity index (χ0) is 19.5. The van der Waals surface area contributed by atoms with E-state index in [4.69, 9.17) is 9.47 Å². The molecule has 1 aliphatic heterocycles. The number of rotatable bonds is 5. The molecule has 0 unspecified atom stereocenters. The van der Waals surface area contributed by atoms with Gasteiger partial charge in [-0.05, 0) is 36.2 Å². The lowest BCUT2D eigenvalue weighted by Crippen LogP contribution is -2.29. The molecule has 0 spiro atoms. The lowest BCUT2D eigenvalue weighted by Gasteiger charge is -2.18. The highest BCUT2D eigenvalue weighted by atomic mass is 16.5. The highest BCUT2D eigenvalue weighted by Crippen LogP contribution is 2.32. The number of ether oxygens (including phenoxy) is 2. The summed E-state index contributed by atoms with van der Waals surface area (Å²) in [6, 6.07) is 15.4. The van der Waals surface area contributed by atoms with Crippen molar-refractivity contribution in [2.45, 2.75) is 6.42 Å². The van der Waals surface area contributed by atoms with Crippen LogP contribution in [0.1, 0.15) is 15.9 Å². The summed E-state index contributed by atoms with van der Waals surface area (Å²) in [5, 5.41) is 3.27. The SMILES string of the molecule is COc1ccc(Nc2cncc(C(=O)N3CCc4ccccc43)c2)cc1OC. The van der Waals surface area contributed by atoms with Crippen molar-refractivity contribution in [2.75, 3.05) is 31.0 Å². The molecule has 0 saturated carbocycles. The monoisotopic (exact) mass is 375 g/mol. The topological polar surface area (TPSA) is 63.7 Å². The molecule has 0 aliphatic carbocycles. The molecule has 0 radical (unpaired) electrons. The van der Waals surface area contributed by atoms with Gasteiger partial charge in [0.25, 0.3) is 5.91 Å². The summed E-state index contributed by atoms with van der Waals surface area (Å²) in [4.78, 5) is 19.1. The highest BCUT2D eigenvalue weighted by molar-refractivity contribution is 6.07. The number of amides is 1. The maximum Gasteiger partial charge on any atom is 0.259 e. The Hall–Kier alpha value is -3.54. The van der Waals surface area contributed by atoms with Crippen LogP contribution in [-0.4, -0.2) is 31.7 Å². The zero-order valence-corrected chi connectivity index (χ0v) is 15.8. The lowest BCUT2D eigenvalue weighted by molar-refractivity contribution is 0.0989. The van der Waals surface area contributed by atoms with Gasteiger partial charge in [0.2, 0.25) is 0 Å². The molecule has 6 heteroatoms. The predicted octanol–water partition coefficient (Wildman–Crippen LogP) is 4.05. The molecule has 2 heterocycles. The van der Waals surface area contributed by atoms with Crippen molar-refractivity contribution >= 4 is 23.0 Å². The van der Waals surface area contributed by atoms with E-state index in [1.807, 2.05) is 47.4 Å². The molecule has 28 heavy (non-hydrogen) atoms. The van der Waals surface area contributed by atoms with Crippen molar-refractivity contribution in [3.05, 3.63) is 72.1 Å². The summed E-state index contributed by atoms with van der Waals surface area (Å²) >= 11 is 0. The molecule has 2 aromatic carbocycles. The third-order valence-electron chi connectivity index (χ3n) is 4.79. The first-order valence-corrected chi connectivity index (χ1v) is 9.03. The Labute approximate surface area is 163 Å². The van der Waals surface area contributed by atoms with E-state index in [0.717, 1.165) is 23.5 Å². The standard InChI is InChI=1S/C22H21N3O3/c1-27-20-8-7-17(12-21(20)28-2)24-18-11-16(13-23-14-18)22(26)25-10-9-15-5-3-4-6-19(15)25/h3-8,11-14,24H,9-10H2,1-2H3. The maximum atomic E-state index is 13.0. The summed E-state index contributed by atoms with van der Waals surface area (Å²) in [6.45, 7) is 0.686. The van der Waals surface area contributed by atoms with Crippen LogP contribution in [0.15, 0.2) is 60.9 Å². The molecular formula is C22H21N3O3. The van der Waals surface area contributed by atoms with Gasteiger partial charge < -0.3 is 19.7 Å². The quantitative estimate of drug-likeness (QED) is 0.729. The number of fused-ring (bicyclic) bond motifs is 1. The number of nitrogens with one attached hydrogen (secondary N) is 1. The fraction of sp³-hybridized carbons (Fsp3) is 0.182. The Balaban J connectivity index is 1.56. The summed E-state index contributed by atoms with van der Waals surface area (Å²) in [7, 11) is 3.19. The largest absolute Gasteiger partial charge is 0.493 e. The van der Waals surface area contributed by atoms with Crippen LogP contribution in [0.4, 0.5) is 17.1 Å². The average molecular weight is 375 g/mol. The van der Waals surface area contributed by atoms with E-state index < -0.39 is 0 Å². The minimum Gasteiger partial charge on any atom is -0.493 e. The number of carbonyl (C=O) groups is 1. The zero-order valence-electron chi connectivity index (χ0n) is 15.8. The van der Waals surface area contributed by atoms with Crippen LogP contribution < -0.4 is 19.7 Å². The van der Waals surface area contributed by atoms with Crippen molar-refractivity contribution in [3.8, 4) is 11.5 Å². The van der Waals surface area contributed by atoms with Gasteiger partial charge in [-0.3, -0.25) is 9.78 Å². The molecule has 0 bridgehead atoms. The minimum atomic E-state index is -0.0478. The van der Waals surface area contributed by atoms with Gasteiger partial charge in [0.1, 0.15) is 0 Å².